The maximum absolute atomic E-state index is 13.1. The summed E-state index contributed by atoms with van der Waals surface area (Å²) in [5.74, 6) is -2.45. The minimum Gasteiger partial charge on any atom is -0.480 e. The Hall–Kier alpha value is -3.19. The largest absolute Gasteiger partial charge is 0.480 e. The topological polar surface area (TPSA) is 107 Å². The van der Waals surface area contributed by atoms with Gasteiger partial charge in [0, 0.05) is 12.5 Å². The molecule has 1 aliphatic rings. The van der Waals surface area contributed by atoms with E-state index >= 15 is 0 Å². The highest BCUT2D eigenvalue weighted by Crippen LogP contribution is 2.27. The third-order valence-electron chi connectivity index (χ3n) is 5.72. The molecule has 1 saturated heterocycles. The van der Waals surface area contributed by atoms with Gasteiger partial charge in [-0.25, -0.2) is 0 Å². The first-order valence-corrected chi connectivity index (χ1v) is 10.5. The first-order chi connectivity index (χ1) is 14.9. The van der Waals surface area contributed by atoms with Crippen LogP contribution in [-0.2, 0) is 20.8 Å². The zero-order valence-corrected chi connectivity index (χ0v) is 17.3. The summed E-state index contributed by atoms with van der Waals surface area (Å²) in [5.41, 5.74) is 2.07. The van der Waals surface area contributed by atoms with Crippen LogP contribution >= 0.6 is 0 Å². The Balaban J connectivity index is 1.73. The third-order valence-corrected chi connectivity index (χ3v) is 5.72. The van der Waals surface area contributed by atoms with Crippen molar-refractivity contribution < 1.29 is 24.6 Å². The molecule has 0 aromatic heterocycles. The second-order valence-electron chi connectivity index (χ2n) is 7.93. The van der Waals surface area contributed by atoms with Crippen molar-refractivity contribution in [1.82, 2.24) is 10.2 Å². The Morgan fingerprint density at radius 2 is 1.65 bits per heavy atom. The van der Waals surface area contributed by atoms with Gasteiger partial charge in [-0.05, 0) is 36.8 Å². The molecular formula is C24H28N2O5. The van der Waals surface area contributed by atoms with Crippen LogP contribution in [0.3, 0.4) is 0 Å². The van der Waals surface area contributed by atoms with Gasteiger partial charge in [-0.2, -0.15) is 0 Å². The van der Waals surface area contributed by atoms with Gasteiger partial charge < -0.3 is 15.1 Å². The van der Waals surface area contributed by atoms with Crippen molar-refractivity contribution >= 4 is 17.8 Å². The van der Waals surface area contributed by atoms with Crippen LogP contribution in [0.1, 0.15) is 36.3 Å². The number of nitrogens with zero attached hydrogens (tertiary/aromatic N) is 1. The first-order valence-electron chi connectivity index (χ1n) is 10.5. The summed E-state index contributed by atoms with van der Waals surface area (Å²) >= 11 is 0. The van der Waals surface area contributed by atoms with Crippen molar-refractivity contribution in [2.45, 2.75) is 43.7 Å². The minimum atomic E-state index is -1.08. The normalized spacial score (nSPS) is 20.1. The van der Waals surface area contributed by atoms with E-state index in [0.29, 0.717) is 32.2 Å². The van der Waals surface area contributed by atoms with E-state index in [4.69, 9.17) is 0 Å². The molecule has 7 heteroatoms. The lowest BCUT2D eigenvalue weighted by Crippen LogP contribution is -2.52. The van der Waals surface area contributed by atoms with E-state index in [-0.39, 0.29) is 11.8 Å². The molecule has 2 unspecified atom stereocenters. The molecular weight excluding hydrogens is 396 g/mol. The Bertz CT molecular complexity index is 887. The molecule has 0 radical (unpaired) electrons. The highest BCUT2D eigenvalue weighted by atomic mass is 16.4. The maximum Gasteiger partial charge on any atom is 0.323 e. The number of nitrogens with one attached hydrogen (secondary N) is 1. The maximum atomic E-state index is 13.1. The summed E-state index contributed by atoms with van der Waals surface area (Å²) < 4.78 is 0. The number of aryl methyl sites for hydroxylation is 1. The highest BCUT2D eigenvalue weighted by Gasteiger charge is 2.34. The predicted molar refractivity (Wildman–Crippen MR) is 116 cm³/mol. The van der Waals surface area contributed by atoms with E-state index in [9.17, 15) is 24.6 Å². The fraction of sp³-hybridized carbons (Fsp3) is 0.375. The molecule has 3 rings (SSSR count). The molecule has 7 nitrogen and oxygen atoms in total. The Morgan fingerprint density at radius 3 is 2.26 bits per heavy atom. The van der Waals surface area contributed by atoms with Crippen LogP contribution in [0.5, 0.6) is 0 Å². The number of amides is 1. The Labute approximate surface area is 181 Å². The summed E-state index contributed by atoms with van der Waals surface area (Å²) in [6.45, 7) is -0.100. The number of rotatable bonds is 9. The summed E-state index contributed by atoms with van der Waals surface area (Å²) in [6.07, 6.45) is 2.01. The second kappa shape index (κ2) is 10.7. The number of aliphatic carboxylic acids is 2. The van der Waals surface area contributed by atoms with Gasteiger partial charge in [0.15, 0.2) is 0 Å². The van der Waals surface area contributed by atoms with E-state index in [0.717, 1.165) is 11.1 Å². The fourth-order valence-electron chi connectivity index (χ4n) is 4.09. The molecule has 1 fully saturated rings. The minimum absolute atomic E-state index is 0.00361. The number of hydrogen-bond acceptors (Lipinski definition) is 4. The molecule has 0 saturated carbocycles. The van der Waals surface area contributed by atoms with Gasteiger partial charge in [0.25, 0.3) is 0 Å². The fourth-order valence-corrected chi connectivity index (χ4v) is 4.09. The van der Waals surface area contributed by atoms with Gasteiger partial charge in [-0.15, -0.1) is 0 Å². The van der Waals surface area contributed by atoms with E-state index in [1.165, 1.54) is 4.90 Å². The predicted octanol–water partition coefficient (Wildman–Crippen LogP) is 2.52. The van der Waals surface area contributed by atoms with Gasteiger partial charge >= 0.3 is 11.9 Å². The number of carboxylic acids is 2. The number of carbonyl (C=O) groups excluding carboxylic acids is 1. The molecule has 2 aromatic carbocycles. The highest BCUT2D eigenvalue weighted by molar-refractivity contribution is 5.86. The average Bonchev–Trinajstić information content (AvgIpc) is 2.91. The van der Waals surface area contributed by atoms with Crippen LogP contribution in [0, 0.1) is 0 Å². The van der Waals surface area contributed by atoms with Crippen LogP contribution in [0.2, 0.25) is 0 Å². The Morgan fingerprint density at radius 1 is 1.00 bits per heavy atom. The van der Waals surface area contributed by atoms with Gasteiger partial charge in [0.2, 0.25) is 5.91 Å². The lowest BCUT2D eigenvalue weighted by molar-refractivity contribution is -0.146. The summed E-state index contributed by atoms with van der Waals surface area (Å²) in [6, 6.07) is 17.7. The molecule has 0 spiro atoms. The van der Waals surface area contributed by atoms with Crippen LogP contribution in [0.4, 0.5) is 0 Å². The number of benzene rings is 2. The van der Waals surface area contributed by atoms with E-state index in [1.54, 1.807) is 0 Å². The zero-order valence-electron chi connectivity index (χ0n) is 17.3. The lowest BCUT2D eigenvalue weighted by Gasteiger charge is -2.26. The quantitative estimate of drug-likeness (QED) is 0.571. The van der Waals surface area contributed by atoms with Crippen molar-refractivity contribution in [3.8, 4) is 0 Å². The summed E-state index contributed by atoms with van der Waals surface area (Å²) in [7, 11) is 0. The molecule has 1 heterocycles. The van der Waals surface area contributed by atoms with Crippen molar-refractivity contribution in [3.05, 3.63) is 71.8 Å². The molecule has 1 aliphatic heterocycles. The SMILES string of the molecule is O=C(O)CN1CC(c2ccccc2)CCC(N[C@@H](CCc2ccccc2)C(=O)O)C1=O. The molecule has 164 valence electrons. The van der Waals surface area contributed by atoms with Crippen LogP contribution in [-0.4, -0.2) is 58.1 Å². The van der Waals surface area contributed by atoms with Crippen LogP contribution < -0.4 is 5.32 Å². The number of carboxylic acid groups (broad SMARTS) is 2. The monoisotopic (exact) mass is 424 g/mol. The standard InChI is InChI=1S/C24H28N2O5/c27-22(28)16-26-15-19(18-9-5-2-6-10-18)12-14-20(23(26)29)25-21(24(30)31)13-11-17-7-3-1-4-8-17/h1-10,19-21,25H,11-16H2,(H,27,28)(H,30,31)/t19?,20?,21-/m0/s1. The van der Waals surface area contributed by atoms with Crippen LogP contribution in [0.15, 0.2) is 60.7 Å². The molecule has 31 heavy (non-hydrogen) atoms. The molecule has 3 N–H and O–H groups in total. The molecule has 1 amide bonds. The van der Waals surface area contributed by atoms with E-state index in [1.807, 2.05) is 60.7 Å². The zero-order chi connectivity index (χ0) is 22.2. The van der Waals surface area contributed by atoms with Gasteiger partial charge in [0.1, 0.15) is 12.6 Å². The Kier molecular flexibility index (Phi) is 7.78. The van der Waals surface area contributed by atoms with Gasteiger partial charge in [-0.1, -0.05) is 60.7 Å². The molecule has 3 atom stereocenters. The second-order valence-corrected chi connectivity index (χ2v) is 7.93. The summed E-state index contributed by atoms with van der Waals surface area (Å²) in [5, 5.41) is 22.0. The van der Waals surface area contributed by atoms with Crippen molar-refractivity contribution in [2.24, 2.45) is 0 Å². The average molecular weight is 424 g/mol. The molecule has 0 bridgehead atoms. The number of hydrogen-bond donors (Lipinski definition) is 3. The van der Waals surface area contributed by atoms with Crippen molar-refractivity contribution in [1.29, 1.82) is 0 Å². The van der Waals surface area contributed by atoms with Crippen molar-refractivity contribution in [3.63, 3.8) is 0 Å². The summed E-state index contributed by atoms with van der Waals surface area (Å²) in [4.78, 5) is 37.6. The van der Waals surface area contributed by atoms with Gasteiger partial charge in [-0.3, -0.25) is 19.7 Å². The molecule has 0 aliphatic carbocycles. The number of likely N-dealkylation sites (tertiary alicyclic amines) is 1. The lowest BCUT2D eigenvalue weighted by atomic mass is 9.93. The molecule has 2 aromatic rings. The van der Waals surface area contributed by atoms with E-state index < -0.39 is 30.6 Å². The van der Waals surface area contributed by atoms with E-state index in [2.05, 4.69) is 5.32 Å². The first kappa shape index (κ1) is 22.5. The number of carbonyl (C=O) groups is 3. The van der Waals surface area contributed by atoms with Gasteiger partial charge in [0.05, 0.1) is 6.04 Å². The van der Waals surface area contributed by atoms with Crippen molar-refractivity contribution in [2.75, 3.05) is 13.1 Å². The van der Waals surface area contributed by atoms with Crippen LogP contribution in [0.25, 0.3) is 0 Å². The smallest absolute Gasteiger partial charge is 0.323 e. The third kappa shape index (κ3) is 6.39.